The molecule has 0 atom stereocenters. The fraction of sp³-hybridized carbons (Fsp3) is 0.240. The van der Waals surface area contributed by atoms with Crippen molar-refractivity contribution in [3.63, 3.8) is 0 Å². The predicted octanol–water partition coefficient (Wildman–Crippen LogP) is 4.44. The lowest BCUT2D eigenvalue weighted by atomic mass is 10.1. The molecule has 1 amide bonds. The van der Waals surface area contributed by atoms with Crippen LogP contribution >= 0.6 is 0 Å². The van der Waals surface area contributed by atoms with E-state index in [9.17, 15) is 17.6 Å². The van der Waals surface area contributed by atoms with Crippen molar-refractivity contribution in [2.45, 2.75) is 24.8 Å². The van der Waals surface area contributed by atoms with Crippen molar-refractivity contribution in [3.05, 3.63) is 95.3 Å². The summed E-state index contributed by atoms with van der Waals surface area (Å²) >= 11 is 0. The third-order valence-electron chi connectivity index (χ3n) is 5.04. The van der Waals surface area contributed by atoms with Crippen LogP contribution in [-0.4, -0.2) is 39.5 Å². The molecular weight excluding hydrogens is 445 g/mol. The second-order valence-corrected chi connectivity index (χ2v) is 8.96. The molecule has 0 saturated carbocycles. The van der Waals surface area contributed by atoms with Crippen LogP contribution in [0.2, 0.25) is 0 Å². The molecule has 0 aromatic heterocycles. The van der Waals surface area contributed by atoms with Gasteiger partial charge in [-0.2, -0.15) is 8.42 Å². The highest BCUT2D eigenvalue weighted by atomic mass is 32.2. The van der Waals surface area contributed by atoms with Crippen molar-refractivity contribution >= 4 is 16.0 Å². The summed E-state index contributed by atoms with van der Waals surface area (Å²) < 4.78 is 48.5. The maximum atomic E-state index is 13.1. The summed E-state index contributed by atoms with van der Waals surface area (Å²) in [5, 5.41) is 0. The van der Waals surface area contributed by atoms with Crippen LogP contribution < -0.4 is 4.18 Å². The zero-order chi connectivity index (χ0) is 23.8. The first-order chi connectivity index (χ1) is 15.8. The Morgan fingerprint density at radius 1 is 0.970 bits per heavy atom. The first kappa shape index (κ1) is 24.4. The fourth-order valence-corrected chi connectivity index (χ4v) is 4.13. The number of amides is 1. The van der Waals surface area contributed by atoms with Crippen molar-refractivity contribution in [2.24, 2.45) is 0 Å². The van der Waals surface area contributed by atoms with Gasteiger partial charge in [-0.3, -0.25) is 4.79 Å². The minimum atomic E-state index is -4.12. The molecule has 3 aromatic rings. The Bertz CT molecular complexity index is 1180. The van der Waals surface area contributed by atoms with Gasteiger partial charge in [0.1, 0.15) is 16.5 Å². The molecule has 0 radical (unpaired) electrons. The molecule has 0 spiro atoms. The maximum absolute atomic E-state index is 13.1. The monoisotopic (exact) mass is 471 g/mol. The summed E-state index contributed by atoms with van der Waals surface area (Å²) in [6.07, 6.45) is 0.884. The number of ether oxygens (including phenoxy) is 1. The normalized spacial score (nSPS) is 11.2. The van der Waals surface area contributed by atoms with Gasteiger partial charge in [0.2, 0.25) is 0 Å². The lowest BCUT2D eigenvalue weighted by Crippen LogP contribution is -2.33. The number of halogens is 1. The Morgan fingerprint density at radius 3 is 2.30 bits per heavy atom. The second-order valence-electron chi connectivity index (χ2n) is 7.41. The average Bonchev–Trinajstić information content (AvgIpc) is 2.81. The van der Waals surface area contributed by atoms with Crippen molar-refractivity contribution in [1.82, 2.24) is 4.90 Å². The smallest absolute Gasteiger partial charge is 0.339 e. The molecule has 3 rings (SSSR count). The van der Waals surface area contributed by atoms with Gasteiger partial charge in [-0.1, -0.05) is 31.2 Å². The number of aryl methyl sites for hydroxylation is 1. The standard InChI is InChI=1S/C25H26FNO5S/c1-3-19-7-9-21(10-8-19)25(28)27(15-16-31-2)18-20-5-4-6-23(17-20)32-33(29,30)24-13-11-22(26)12-14-24/h4-14,17H,3,15-16,18H2,1-2H3. The first-order valence-corrected chi connectivity index (χ1v) is 11.9. The van der Waals surface area contributed by atoms with E-state index in [1.807, 2.05) is 19.1 Å². The summed E-state index contributed by atoms with van der Waals surface area (Å²) in [6, 6.07) is 18.4. The Morgan fingerprint density at radius 2 is 1.67 bits per heavy atom. The van der Waals surface area contributed by atoms with Crippen LogP contribution in [0.1, 0.15) is 28.4 Å². The Balaban J connectivity index is 1.78. The second kappa shape index (κ2) is 11.1. The number of carbonyl (C=O) groups is 1. The van der Waals surface area contributed by atoms with E-state index in [0.717, 1.165) is 36.2 Å². The van der Waals surface area contributed by atoms with E-state index in [0.29, 0.717) is 24.3 Å². The number of methoxy groups -OCH3 is 1. The lowest BCUT2D eigenvalue weighted by molar-refractivity contribution is 0.0680. The van der Waals surface area contributed by atoms with Crippen molar-refractivity contribution in [1.29, 1.82) is 0 Å². The first-order valence-electron chi connectivity index (χ1n) is 10.5. The minimum Gasteiger partial charge on any atom is -0.383 e. The largest absolute Gasteiger partial charge is 0.383 e. The van der Waals surface area contributed by atoms with Gasteiger partial charge < -0.3 is 13.8 Å². The summed E-state index contributed by atoms with van der Waals surface area (Å²) in [5.74, 6) is -0.593. The molecule has 0 heterocycles. The SMILES string of the molecule is CCc1ccc(C(=O)N(CCOC)Cc2cccc(OS(=O)(=O)c3ccc(F)cc3)c2)cc1. The summed E-state index contributed by atoms with van der Waals surface area (Å²) in [6.45, 7) is 3.01. The highest BCUT2D eigenvalue weighted by Crippen LogP contribution is 2.21. The van der Waals surface area contributed by atoms with E-state index in [1.54, 1.807) is 42.3 Å². The van der Waals surface area contributed by atoms with Crippen molar-refractivity contribution in [3.8, 4) is 5.75 Å². The molecule has 0 aliphatic rings. The van der Waals surface area contributed by atoms with Crippen LogP contribution in [-0.2, 0) is 27.8 Å². The van der Waals surface area contributed by atoms with Gasteiger partial charge >= 0.3 is 10.1 Å². The number of hydrogen-bond acceptors (Lipinski definition) is 5. The molecule has 0 bridgehead atoms. The fourth-order valence-electron chi connectivity index (χ4n) is 3.21. The predicted molar refractivity (Wildman–Crippen MR) is 123 cm³/mol. The highest BCUT2D eigenvalue weighted by Gasteiger charge is 2.19. The third kappa shape index (κ3) is 6.63. The number of carbonyl (C=O) groups excluding carboxylic acids is 1. The van der Waals surface area contributed by atoms with Gasteiger partial charge in [0, 0.05) is 25.8 Å². The molecule has 0 fully saturated rings. The minimum absolute atomic E-state index is 0.100. The maximum Gasteiger partial charge on any atom is 0.339 e. The van der Waals surface area contributed by atoms with Gasteiger partial charge in [-0.15, -0.1) is 0 Å². The van der Waals surface area contributed by atoms with Gasteiger partial charge in [-0.05, 0) is 66.1 Å². The highest BCUT2D eigenvalue weighted by molar-refractivity contribution is 7.87. The number of hydrogen-bond donors (Lipinski definition) is 0. The number of benzene rings is 3. The van der Waals surface area contributed by atoms with Crippen LogP contribution in [0.15, 0.2) is 77.7 Å². The lowest BCUT2D eigenvalue weighted by Gasteiger charge is -2.23. The van der Waals surface area contributed by atoms with Crippen LogP contribution in [0.25, 0.3) is 0 Å². The average molecular weight is 472 g/mol. The molecule has 0 saturated heterocycles. The van der Waals surface area contributed by atoms with E-state index in [4.69, 9.17) is 8.92 Å². The van der Waals surface area contributed by atoms with Crippen molar-refractivity contribution in [2.75, 3.05) is 20.3 Å². The Labute approximate surface area is 193 Å². The van der Waals surface area contributed by atoms with Gasteiger partial charge in [-0.25, -0.2) is 4.39 Å². The zero-order valence-electron chi connectivity index (χ0n) is 18.5. The summed E-state index contributed by atoms with van der Waals surface area (Å²) in [4.78, 5) is 14.6. The third-order valence-corrected chi connectivity index (χ3v) is 6.30. The van der Waals surface area contributed by atoms with Gasteiger partial charge in [0.25, 0.3) is 5.91 Å². The molecule has 0 unspecified atom stereocenters. The van der Waals surface area contributed by atoms with Crippen LogP contribution in [0, 0.1) is 5.82 Å². The number of rotatable bonds is 10. The molecule has 8 heteroatoms. The van der Waals surface area contributed by atoms with Gasteiger partial charge in [0.05, 0.1) is 6.61 Å². The van der Waals surface area contributed by atoms with E-state index >= 15 is 0 Å². The number of nitrogens with zero attached hydrogens (tertiary/aromatic N) is 1. The molecule has 33 heavy (non-hydrogen) atoms. The van der Waals surface area contributed by atoms with Crippen LogP contribution in [0.3, 0.4) is 0 Å². The van der Waals surface area contributed by atoms with E-state index in [1.165, 1.54) is 6.07 Å². The van der Waals surface area contributed by atoms with E-state index in [2.05, 4.69) is 0 Å². The van der Waals surface area contributed by atoms with E-state index < -0.39 is 15.9 Å². The Kier molecular flexibility index (Phi) is 8.19. The molecule has 0 aliphatic carbocycles. The Hall–Kier alpha value is -3.23. The quantitative estimate of drug-likeness (QED) is 0.409. The van der Waals surface area contributed by atoms with Gasteiger partial charge in [0.15, 0.2) is 0 Å². The topological polar surface area (TPSA) is 72.9 Å². The molecular formula is C25H26FNO5S. The van der Waals surface area contributed by atoms with E-state index in [-0.39, 0.29) is 23.1 Å². The zero-order valence-corrected chi connectivity index (χ0v) is 19.3. The molecule has 0 aliphatic heterocycles. The summed E-state index contributed by atoms with van der Waals surface area (Å²) in [5.41, 5.74) is 2.40. The van der Waals surface area contributed by atoms with Crippen LogP contribution in [0.4, 0.5) is 4.39 Å². The summed E-state index contributed by atoms with van der Waals surface area (Å²) in [7, 11) is -2.56. The molecule has 6 nitrogen and oxygen atoms in total. The van der Waals surface area contributed by atoms with Crippen molar-refractivity contribution < 1.29 is 26.5 Å². The molecule has 0 N–H and O–H groups in total. The van der Waals surface area contributed by atoms with Crippen LogP contribution in [0.5, 0.6) is 5.75 Å². The molecule has 3 aromatic carbocycles. The molecule has 174 valence electrons.